The van der Waals surface area contributed by atoms with Crippen LogP contribution in [0.2, 0.25) is 0 Å². The molecule has 1 N–H and O–H groups in total. The van der Waals surface area contributed by atoms with Crippen LogP contribution in [-0.4, -0.2) is 32.1 Å². The van der Waals surface area contributed by atoms with E-state index in [2.05, 4.69) is 35.4 Å². The van der Waals surface area contributed by atoms with Crippen LogP contribution < -0.4 is 5.32 Å². The molecule has 1 aromatic heterocycles. The summed E-state index contributed by atoms with van der Waals surface area (Å²) in [4.78, 5) is 31.1. The molecule has 0 fully saturated rings. The summed E-state index contributed by atoms with van der Waals surface area (Å²) in [6, 6.07) is 13.8. The van der Waals surface area contributed by atoms with Crippen LogP contribution in [0.15, 0.2) is 55.0 Å². The Balaban J connectivity index is 1.39. The summed E-state index contributed by atoms with van der Waals surface area (Å²) in [7, 11) is 0. The van der Waals surface area contributed by atoms with Crippen molar-refractivity contribution < 1.29 is 14.3 Å². The summed E-state index contributed by atoms with van der Waals surface area (Å²) in [6.07, 6.45) is 3.18. The summed E-state index contributed by atoms with van der Waals surface area (Å²) in [5.41, 5.74) is 4.34. The lowest BCUT2D eigenvalue weighted by Gasteiger charge is -2.24. The van der Waals surface area contributed by atoms with Crippen molar-refractivity contribution in [3.05, 3.63) is 82.8 Å². The molecule has 0 aliphatic carbocycles. The molecular weight excluding hydrogens is 404 g/mol. The predicted molar refractivity (Wildman–Crippen MR) is 122 cm³/mol. The molecule has 0 radical (unpaired) electrons. The molecule has 1 aliphatic heterocycles. The van der Waals surface area contributed by atoms with Gasteiger partial charge in [0.2, 0.25) is 0 Å². The number of hydrogen-bond acceptors (Lipinski definition) is 4. The molecule has 32 heavy (non-hydrogen) atoms. The fraction of sp³-hybridized carbons (Fsp3) is 0.320. The van der Waals surface area contributed by atoms with E-state index in [1.54, 1.807) is 17.3 Å². The Bertz CT molecular complexity index is 1160. The van der Waals surface area contributed by atoms with Crippen LogP contribution in [0, 0.1) is 6.92 Å². The first-order chi connectivity index (χ1) is 15.2. The number of amides is 2. The highest BCUT2D eigenvalue weighted by atomic mass is 16.6. The van der Waals surface area contributed by atoms with Gasteiger partial charge in [-0.15, -0.1) is 0 Å². The molecule has 0 atom stereocenters. The van der Waals surface area contributed by atoms with Crippen molar-refractivity contribution >= 4 is 17.8 Å². The minimum absolute atomic E-state index is 0.232. The predicted octanol–water partition coefficient (Wildman–Crippen LogP) is 4.74. The molecular formula is C25H28N4O3. The van der Waals surface area contributed by atoms with Gasteiger partial charge in [0, 0.05) is 31.4 Å². The molecule has 7 heteroatoms. The number of fused-ring (bicyclic) bond motifs is 1. The summed E-state index contributed by atoms with van der Waals surface area (Å²) >= 11 is 0. The lowest BCUT2D eigenvalue weighted by molar-refractivity contribution is 0.0242. The molecule has 0 saturated heterocycles. The van der Waals surface area contributed by atoms with Crippen LogP contribution >= 0.6 is 0 Å². The monoisotopic (exact) mass is 432 g/mol. The van der Waals surface area contributed by atoms with Gasteiger partial charge in [-0.1, -0.05) is 35.9 Å². The zero-order valence-corrected chi connectivity index (χ0v) is 18.9. The van der Waals surface area contributed by atoms with Gasteiger partial charge in [0.05, 0.1) is 6.33 Å². The van der Waals surface area contributed by atoms with E-state index in [-0.39, 0.29) is 12.0 Å². The SMILES string of the molecule is Cc1cccc(Cn2cnc(NC(=O)c3ccc4c(c3)CN(C(=O)OC(C)(C)C)C4)c2)c1. The first-order valence-corrected chi connectivity index (χ1v) is 10.6. The first-order valence-electron chi connectivity index (χ1n) is 10.6. The standard InChI is InChI=1S/C25H28N4O3/c1-17-6-5-7-18(10-17)12-28-15-22(26-16-28)27-23(30)19-8-9-20-13-29(14-21(20)11-19)24(31)32-25(2,3)4/h5-11,15-16H,12-14H2,1-4H3,(H,27,30). The Morgan fingerprint density at radius 3 is 2.62 bits per heavy atom. The van der Waals surface area contributed by atoms with Crippen LogP contribution in [0.25, 0.3) is 0 Å². The highest BCUT2D eigenvalue weighted by Gasteiger charge is 2.28. The number of aromatic nitrogens is 2. The first kappa shape index (κ1) is 21.6. The molecule has 2 heterocycles. The fourth-order valence-corrected chi connectivity index (χ4v) is 3.71. The second-order valence-corrected chi connectivity index (χ2v) is 9.19. The Labute approximate surface area is 188 Å². The molecule has 1 aliphatic rings. The van der Waals surface area contributed by atoms with E-state index in [4.69, 9.17) is 4.74 Å². The van der Waals surface area contributed by atoms with E-state index in [9.17, 15) is 9.59 Å². The quantitative estimate of drug-likeness (QED) is 0.646. The van der Waals surface area contributed by atoms with Crippen molar-refractivity contribution in [1.82, 2.24) is 14.5 Å². The van der Waals surface area contributed by atoms with Crippen LogP contribution in [0.1, 0.15) is 53.4 Å². The normalized spacial score (nSPS) is 13.1. The highest BCUT2D eigenvalue weighted by Crippen LogP contribution is 2.26. The van der Waals surface area contributed by atoms with E-state index in [1.165, 1.54) is 11.1 Å². The van der Waals surface area contributed by atoms with E-state index in [0.29, 0.717) is 31.0 Å². The van der Waals surface area contributed by atoms with Crippen molar-refractivity contribution in [3.8, 4) is 0 Å². The average Bonchev–Trinajstić information content (AvgIpc) is 3.32. The Morgan fingerprint density at radius 2 is 1.88 bits per heavy atom. The van der Waals surface area contributed by atoms with E-state index < -0.39 is 5.60 Å². The van der Waals surface area contributed by atoms with Crippen molar-refractivity contribution in [2.75, 3.05) is 5.32 Å². The van der Waals surface area contributed by atoms with Gasteiger partial charge in [-0.05, 0) is 56.5 Å². The molecule has 0 bridgehead atoms. The van der Waals surface area contributed by atoms with Gasteiger partial charge in [-0.25, -0.2) is 9.78 Å². The summed E-state index contributed by atoms with van der Waals surface area (Å²) in [6.45, 7) is 9.19. The number of benzene rings is 2. The van der Waals surface area contributed by atoms with E-state index in [0.717, 1.165) is 11.1 Å². The maximum absolute atomic E-state index is 12.8. The number of imidazole rings is 1. The topological polar surface area (TPSA) is 76.5 Å². The molecule has 166 valence electrons. The maximum atomic E-state index is 12.8. The third-order valence-electron chi connectivity index (χ3n) is 5.17. The largest absolute Gasteiger partial charge is 0.444 e. The van der Waals surface area contributed by atoms with Crippen molar-refractivity contribution in [1.29, 1.82) is 0 Å². The van der Waals surface area contributed by atoms with Gasteiger partial charge in [0.1, 0.15) is 5.60 Å². The zero-order chi connectivity index (χ0) is 22.9. The van der Waals surface area contributed by atoms with Crippen molar-refractivity contribution in [2.45, 2.75) is 52.9 Å². The second kappa shape index (κ2) is 8.49. The number of ether oxygens (including phenoxy) is 1. The number of carbonyl (C=O) groups excluding carboxylic acids is 2. The van der Waals surface area contributed by atoms with Gasteiger partial charge in [0.25, 0.3) is 5.91 Å². The number of aryl methyl sites for hydroxylation is 1. The third kappa shape index (κ3) is 5.17. The number of nitrogens with zero attached hydrogens (tertiary/aromatic N) is 3. The Hall–Kier alpha value is -3.61. The maximum Gasteiger partial charge on any atom is 0.410 e. The minimum Gasteiger partial charge on any atom is -0.444 e. The van der Waals surface area contributed by atoms with Gasteiger partial charge in [-0.2, -0.15) is 0 Å². The summed E-state index contributed by atoms with van der Waals surface area (Å²) in [5, 5.41) is 2.86. The summed E-state index contributed by atoms with van der Waals surface area (Å²) in [5.74, 6) is 0.267. The number of anilines is 1. The molecule has 0 saturated carbocycles. The summed E-state index contributed by atoms with van der Waals surface area (Å²) < 4.78 is 7.39. The fourth-order valence-electron chi connectivity index (χ4n) is 3.71. The minimum atomic E-state index is -0.542. The molecule has 3 aromatic rings. The smallest absolute Gasteiger partial charge is 0.410 e. The van der Waals surface area contributed by atoms with Crippen LogP contribution in [-0.2, 0) is 24.4 Å². The van der Waals surface area contributed by atoms with Gasteiger partial charge in [-0.3, -0.25) is 9.69 Å². The number of rotatable bonds is 4. The number of hydrogen-bond donors (Lipinski definition) is 1. The van der Waals surface area contributed by atoms with Crippen molar-refractivity contribution in [3.63, 3.8) is 0 Å². The second-order valence-electron chi connectivity index (χ2n) is 9.19. The lowest BCUT2D eigenvalue weighted by Crippen LogP contribution is -2.33. The Morgan fingerprint density at radius 1 is 1.09 bits per heavy atom. The molecule has 0 unspecified atom stereocenters. The van der Waals surface area contributed by atoms with Crippen LogP contribution in [0.5, 0.6) is 0 Å². The van der Waals surface area contributed by atoms with Crippen molar-refractivity contribution in [2.24, 2.45) is 0 Å². The molecule has 2 amide bonds. The molecule has 4 rings (SSSR count). The highest BCUT2D eigenvalue weighted by molar-refractivity contribution is 6.03. The van der Waals surface area contributed by atoms with Gasteiger partial charge in [0.15, 0.2) is 5.82 Å². The van der Waals surface area contributed by atoms with Gasteiger partial charge >= 0.3 is 6.09 Å². The molecule has 7 nitrogen and oxygen atoms in total. The number of nitrogens with one attached hydrogen (secondary N) is 1. The molecule has 2 aromatic carbocycles. The average molecular weight is 433 g/mol. The number of carbonyl (C=O) groups is 2. The zero-order valence-electron chi connectivity index (χ0n) is 18.9. The lowest BCUT2D eigenvalue weighted by atomic mass is 10.1. The molecule has 0 spiro atoms. The van der Waals surface area contributed by atoms with E-state index >= 15 is 0 Å². The van der Waals surface area contributed by atoms with Crippen LogP contribution in [0.3, 0.4) is 0 Å². The Kier molecular flexibility index (Phi) is 5.74. The third-order valence-corrected chi connectivity index (χ3v) is 5.17. The van der Waals surface area contributed by atoms with Crippen LogP contribution in [0.4, 0.5) is 10.6 Å². The van der Waals surface area contributed by atoms with Gasteiger partial charge < -0.3 is 14.6 Å². The van der Waals surface area contributed by atoms with E-state index in [1.807, 2.05) is 49.7 Å².